The molecule has 0 spiro atoms. The largest absolute Gasteiger partial charge is 0.466 e. The van der Waals surface area contributed by atoms with Crippen LogP contribution < -0.4 is 15.4 Å². The zero-order valence-corrected chi connectivity index (χ0v) is 17.6. The second-order valence-corrected chi connectivity index (χ2v) is 9.62. The fourth-order valence-electron chi connectivity index (χ4n) is 3.53. The third kappa shape index (κ3) is 3.54. The van der Waals surface area contributed by atoms with Crippen LogP contribution in [0.5, 0.6) is 5.75 Å². The Hall–Kier alpha value is -2.91. The van der Waals surface area contributed by atoms with Crippen LogP contribution in [0.2, 0.25) is 0 Å². The van der Waals surface area contributed by atoms with Gasteiger partial charge in [0.25, 0.3) is 17.4 Å². The van der Waals surface area contributed by atoms with E-state index in [9.17, 15) is 18.0 Å². The van der Waals surface area contributed by atoms with Gasteiger partial charge in [0.2, 0.25) is 10.0 Å². The van der Waals surface area contributed by atoms with E-state index in [0.717, 1.165) is 18.4 Å². The summed E-state index contributed by atoms with van der Waals surface area (Å²) < 4.78 is 32.4. The molecule has 158 valence electrons. The van der Waals surface area contributed by atoms with Gasteiger partial charge in [-0.25, -0.2) is 8.42 Å². The maximum Gasteiger partial charge on any atom is 0.278 e. The summed E-state index contributed by atoms with van der Waals surface area (Å²) >= 11 is 0. The summed E-state index contributed by atoms with van der Waals surface area (Å²) in [5, 5.41) is 5.35. The molecule has 0 radical (unpaired) electrons. The smallest absolute Gasteiger partial charge is 0.278 e. The van der Waals surface area contributed by atoms with E-state index < -0.39 is 27.4 Å². The molecule has 0 aromatic heterocycles. The molecule has 30 heavy (non-hydrogen) atoms. The third-order valence-corrected chi connectivity index (χ3v) is 7.29. The number of amides is 2. The lowest BCUT2D eigenvalue weighted by Crippen LogP contribution is -2.56. The topological polar surface area (TPSA) is 105 Å². The van der Waals surface area contributed by atoms with Crippen molar-refractivity contribution < 1.29 is 22.7 Å². The number of hydrogen-bond acceptors (Lipinski definition) is 5. The lowest BCUT2D eigenvalue weighted by molar-refractivity contribution is -0.143. The number of nitrogens with zero attached hydrogens (tertiary/aromatic N) is 1. The van der Waals surface area contributed by atoms with Crippen LogP contribution in [0.15, 0.2) is 47.4 Å². The van der Waals surface area contributed by atoms with E-state index in [0.29, 0.717) is 30.2 Å². The highest BCUT2D eigenvalue weighted by molar-refractivity contribution is 7.89. The van der Waals surface area contributed by atoms with Crippen molar-refractivity contribution in [2.75, 3.05) is 23.7 Å². The lowest BCUT2D eigenvalue weighted by atomic mass is 10.0. The Morgan fingerprint density at radius 1 is 1.13 bits per heavy atom. The first kappa shape index (κ1) is 20.4. The summed E-state index contributed by atoms with van der Waals surface area (Å²) in [5.74, 6) is -0.822. The molecule has 1 atom stereocenters. The average molecular weight is 429 g/mol. The maximum absolute atomic E-state index is 12.8. The van der Waals surface area contributed by atoms with E-state index in [4.69, 9.17) is 4.74 Å². The van der Waals surface area contributed by atoms with Crippen molar-refractivity contribution in [3.63, 3.8) is 0 Å². The van der Waals surface area contributed by atoms with E-state index in [2.05, 4.69) is 10.6 Å². The van der Waals surface area contributed by atoms with Crippen LogP contribution in [0.4, 0.5) is 11.4 Å². The minimum absolute atomic E-state index is 0.171. The van der Waals surface area contributed by atoms with Gasteiger partial charge in [-0.3, -0.25) is 9.59 Å². The van der Waals surface area contributed by atoms with Crippen LogP contribution in [-0.4, -0.2) is 43.2 Å². The number of hydrogen-bond donors (Lipinski definition) is 2. The summed E-state index contributed by atoms with van der Waals surface area (Å²) in [6, 6.07) is 11.2. The van der Waals surface area contributed by atoms with Crippen LogP contribution in [-0.2, 0) is 19.6 Å². The van der Waals surface area contributed by atoms with Crippen LogP contribution in [0.3, 0.4) is 0 Å². The zero-order valence-electron chi connectivity index (χ0n) is 16.8. The van der Waals surface area contributed by atoms with Crippen molar-refractivity contribution >= 4 is 33.2 Å². The Morgan fingerprint density at radius 2 is 1.80 bits per heavy atom. The number of aryl methyl sites for hydroxylation is 1. The first-order valence-electron chi connectivity index (χ1n) is 9.73. The van der Waals surface area contributed by atoms with Crippen molar-refractivity contribution in [2.24, 2.45) is 0 Å². The van der Waals surface area contributed by atoms with Gasteiger partial charge < -0.3 is 15.4 Å². The van der Waals surface area contributed by atoms with Gasteiger partial charge in [0, 0.05) is 18.8 Å². The molecule has 1 saturated heterocycles. The number of benzene rings is 2. The van der Waals surface area contributed by atoms with E-state index in [1.165, 1.54) is 35.5 Å². The van der Waals surface area contributed by atoms with Crippen molar-refractivity contribution in [3.05, 3.63) is 48.0 Å². The first-order valence-corrected chi connectivity index (χ1v) is 11.2. The lowest BCUT2D eigenvalue weighted by Gasteiger charge is -2.33. The summed E-state index contributed by atoms with van der Waals surface area (Å²) in [6.45, 7) is 4.33. The van der Waals surface area contributed by atoms with Gasteiger partial charge in [-0.05, 0) is 68.7 Å². The number of ether oxygens (including phenoxy) is 1. The third-order valence-electron chi connectivity index (χ3n) is 5.38. The predicted octanol–water partition coefficient (Wildman–Crippen LogP) is 2.51. The zero-order chi connectivity index (χ0) is 21.5. The Kier molecular flexibility index (Phi) is 5.03. The highest BCUT2D eigenvalue weighted by atomic mass is 32.2. The Bertz CT molecular complexity index is 1110. The van der Waals surface area contributed by atoms with Gasteiger partial charge in [-0.2, -0.15) is 4.31 Å². The minimum Gasteiger partial charge on any atom is -0.466 e. The van der Waals surface area contributed by atoms with Crippen LogP contribution >= 0.6 is 0 Å². The molecule has 2 amide bonds. The standard InChI is InChI=1S/C21H23N3O5S/c1-14-5-10-18-17(13-14)23-20(26)21(2,29-18)19(25)22-15-6-8-16(9-7-15)30(27,28)24-11-3-4-12-24/h5-10,13H,3-4,11-12H2,1-2H3,(H,22,25)(H,23,26). The monoisotopic (exact) mass is 429 g/mol. The summed E-state index contributed by atoms with van der Waals surface area (Å²) in [6.07, 6.45) is 1.72. The molecular formula is C21H23N3O5S. The van der Waals surface area contributed by atoms with Crippen molar-refractivity contribution in [1.82, 2.24) is 4.31 Å². The highest BCUT2D eigenvalue weighted by Crippen LogP contribution is 2.35. The van der Waals surface area contributed by atoms with Crippen LogP contribution in [0, 0.1) is 6.92 Å². The molecule has 2 aliphatic heterocycles. The molecule has 0 bridgehead atoms. The number of carbonyl (C=O) groups excluding carboxylic acids is 2. The van der Waals surface area contributed by atoms with Gasteiger partial charge in [0.05, 0.1) is 10.6 Å². The number of sulfonamides is 1. The predicted molar refractivity (Wildman–Crippen MR) is 112 cm³/mol. The Labute approximate surface area is 175 Å². The van der Waals surface area contributed by atoms with E-state index in [1.54, 1.807) is 12.1 Å². The number of rotatable bonds is 4. The molecule has 2 heterocycles. The fourth-order valence-corrected chi connectivity index (χ4v) is 5.04. The fraction of sp³-hybridized carbons (Fsp3) is 0.333. The van der Waals surface area contributed by atoms with Gasteiger partial charge in [0.15, 0.2) is 0 Å². The molecule has 2 aliphatic rings. The molecule has 2 N–H and O–H groups in total. The molecule has 1 unspecified atom stereocenters. The van der Waals surface area contributed by atoms with Gasteiger partial charge >= 0.3 is 0 Å². The normalized spacial score (nSPS) is 21.5. The van der Waals surface area contributed by atoms with E-state index >= 15 is 0 Å². The van der Waals surface area contributed by atoms with E-state index in [-0.39, 0.29) is 4.90 Å². The molecule has 0 aliphatic carbocycles. The van der Waals surface area contributed by atoms with Gasteiger partial charge in [-0.15, -0.1) is 0 Å². The summed E-state index contributed by atoms with van der Waals surface area (Å²) in [7, 11) is -3.53. The van der Waals surface area contributed by atoms with Gasteiger partial charge in [0.1, 0.15) is 5.75 Å². The molecule has 2 aromatic carbocycles. The summed E-state index contributed by atoms with van der Waals surface area (Å²) in [4.78, 5) is 25.6. The van der Waals surface area contributed by atoms with Crippen molar-refractivity contribution in [1.29, 1.82) is 0 Å². The first-order chi connectivity index (χ1) is 14.2. The molecule has 1 fully saturated rings. The number of carbonyl (C=O) groups is 2. The molecular weight excluding hydrogens is 406 g/mol. The quantitative estimate of drug-likeness (QED) is 0.727. The van der Waals surface area contributed by atoms with Crippen molar-refractivity contribution in [2.45, 2.75) is 37.2 Å². The minimum atomic E-state index is -3.53. The molecule has 9 heteroatoms. The second-order valence-electron chi connectivity index (χ2n) is 7.68. The number of anilines is 2. The Balaban J connectivity index is 1.51. The number of nitrogens with one attached hydrogen (secondary N) is 2. The molecule has 2 aromatic rings. The highest BCUT2D eigenvalue weighted by Gasteiger charge is 2.47. The van der Waals surface area contributed by atoms with Crippen molar-refractivity contribution in [3.8, 4) is 5.75 Å². The number of fused-ring (bicyclic) bond motifs is 1. The molecule has 0 saturated carbocycles. The van der Waals surface area contributed by atoms with Crippen LogP contribution in [0.25, 0.3) is 0 Å². The average Bonchev–Trinajstić information content (AvgIpc) is 3.25. The van der Waals surface area contributed by atoms with Crippen LogP contribution in [0.1, 0.15) is 25.3 Å². The van der Waals surface area contributed by atoms with Gasteiger partial charge in [-0.1, -0.05) is 6.07 Å². The van der Waals surface area contributed by atoms with E-state index in [1.807, 2.05) is 13.0 Å². The second kappa shape index (κ2) is 7.41. The summed E-state index contributed by atoms with van der Waals surface area (Å²) in [5.41, 5.74) is 0.0758. The molecule has 4 rings (SSSR count). The SMILES string of the molecule is Cc1ccc2c(c1)NC(=O)C(C)(C(=O)Nc1ccc(S(=O)(=O)N3CCCC3)cc1)O2. The maximum atomic E-state index is 12.8. The Morgan fingerprint density at radius 3 is 2.47 bits per heavy atom. The molecule has 8 nitrogen and oxygen atoms in total.